The highest BCUT2D eigenvalue weighted by Gasteiger charge is 2.24. The predicted octanol–water partition coefficient (Wildman–Crippen LogP) is 5.94. The first kappa shape index (κ1) is 18.5. The minimum atomic E-state index is -0.306. The van der Waals surface area contributed by atoms with Crippen molar-refractivity contribution in [3.05, 3.63) is 81.7 Å². The number of hydrogen-bond acceptors (Lipinski definition) is 4. The molecule has 1 aliphatic rings. The monoisotopic (exact) mass is 412 g/mol. The van der Waals surface area contributed by atoms with Crippen LogP contribution in [0.15, 0.2) is 68.9 Å². The number of hydrogen-bond donors (Lipinski definition) is 1. The third-order valence-electron chi connectivity index (χ3n) is 4.06. The Morgan fingerprint density at radius 3 is 2.68 bits per heavy atom. The molecule has 28 heavy (non-hydrogen) atoms. The maximum absolute atomic E-state index is 13.1. The molecule has 1 amide bonds. The quantitative estimate of drug-likeness (QED) is 0.541. The van der Waals surface area contributed by atoms with Crippen molar-refractivity contribution in [3.63, 3.8) is 0 Å². The van der Waals surface area contributed by atoms with Crippen LogP contribution in [-0.2, 0) is 4.79 Å². The summed E-state index contributed by atoms with van der Waals surface area (Å²) in [7, 11) is 0. The van der Waals surface area contributed by atoms with E-state index in [0.717, 1.165) is 16.8 Å². The molecular formula is C21H14ClFN2O2S. The lowest BCUT2D eigenvalue weighted by Gasteiger charge is -2.01. The number of nitrogens with one attached hydrogen (secondary N) is 1. The van der Waals surface area contributed by atoms with Crippen molar-refractivity contribution in [1.82, 2.24) is 5.32 Å². The van der Waals surface area contributed by atoms with Crippen molar-refractivity contribution in [2.75, 3.05) is 0 Å². The van der Waals surface area contributed by atoms with Crippen LogP contribution >= 0.6 is 23.4 Å². The molecule has 1 aliphatic heterocycles. The highest BCUT2D eigenvalue weighted by atomic mass is 35.5. The van der Waals surface area contributed by atoms with Gasteiger partial charge in [0.1, 0.15) is 17.3 Å². The van der Waals surface area contributed by atoms with Gasteiger partial charge < -0.3 is 9.73 Å². The molecule has 3 aromatic rings. The molecule has 0 spiro atoms. The van der Waals surface area contributed by atoms with Gasteiger partial charge in [0, 0.05) is 16.7 Å². The molecular weight excluding hydrogens is 399 g/mol. The van der Waals surface area contributed by atoms with Crippen molar-refractivity contribution >= 4 is 46.2 Å². The van der Waals surface area contributed by atoms with Crippen LogP contribution < -0.4 is 5.32 Å². The lowest BCUT2D eigenvalue weighted by molar-refractivity contribution is -0.115. The van der Waals surface area contributed by atoms with E-state index < -0.39 is 0 Å². The Labute approximate surface area is 170 Å². The molecule has 0 atom stereocenters. The van der Waals surface area contributed by atoms with Crippen LogP contribution in [0.1, 0.15) is 11.3 Å². The second kappa shape index (κ2) is 7.66. The molecule has 0 radical (unpaired) electrons. The number of amides is 1. The van der Waals surface area contributed by atoms with Crippen LogP contribution in [0, 0.1) is 12.7 Å². The summed E-state index contributed by atoms with van der Waals surface area (Å²) in [4.78, 5) is 17.2. The first-order valence-corrected chi connectivity index (χ1v) is 9.59. The molecule has 0 unspecified atom stereocenters. The smallest absolute Gasteiger partial charge is 0.264 e. The summed E-state index contributed by atoms with van der Waals surface area (Å²) in [6.45, 7) is 1.91. The van der Waals surface area contributed by atoms with Gasteiger partial charge in [0.2, 0.25) is 0 Å². The van der Waals surface area contributed by atoms with E-state index in [1.807, 2.05) is 13.0 Å². The van der Waals surface area contributed by atoms with Gasteiger partial charge in [-0.2, -0.15) is 0 Å². The van der Waals surface area contributed by atoms with Gasteiger partial charge in [0.05, 0.1) is 10.6 Å². The third kappa shape index (κ3) is 4.03. The van der Waals surface area contributed by atoms with E-state index in [1.165, 1.54) is 23.9 Å². The van der Waals surface area contributed by atoms with Crippen molar-refractivity contribution in [2.24, 2.45) is 4.99 Å². The summed E-state index contributed by atoms with van der Waals surface area (Å²) >= 11 is 7.20. The van der Waals surface area contributed by atoms with E-state index >= 15 is 0 Å². The number of carbonyl (C=O) groups excluding carboxylic acids is 1. The molecule has 4 nitrogen and oxygen atoms in total. The standard InChI is InChI=1S/C21H14ClFN2O2S/c1-12-10-14(22)4-8-17(12)24-21-25-20(26)19(28-21)11-16-7-9-18(27-16)13-2-5-15(23)6-3-13/h2-11H,1H3,(H,24,25,26)/b19-11-. The fourth-order valence-corrected chi connectivity index (χ4v) is 3.70. The second-order valence-corrected chi connectivity index (χ2v) is 7.59. The van der Waals surface area contributed by atoms with Crippen molar-refractivity contribution < 1.29 is 13.6 Å². The lowest BCUT2D eigenvalue weighted by atomic mass is 10.2. The Bertz CT molecular complexity index is 1120. The molecule has 1 aromatic heterocycles. The van der Waals surface area contributed by atoms with Crippen molar-refractivity contribution in [1.29, 1.82) is 0 Å². The topological polar surface area (TPSA) is 54.6 Å². The van der Waals surface area contributed by atoms with Gasteiger partial charge in [-0.1, -0.05) is 11.6 Å². The fraction of sp³-hybridized carbons (Fsp3) is 0.0476. The molecule has 4 rings (SSSR count). The van der Waals surface area contributed by atoms with Crippen LogP contribution in [0.4, 0.5) is 10.1 Å². The minimum absolute atomic E-state index is 0.241. The number of halogens is 2. The molecule has 0 aliphatic carbocycles. The summed E-state index contributed by atoms with van der Waals surface area (Å²) in [5.74, 6) is 0.580. The number of nitrogens with zero attached hydrogens (tertiary/aromatic N) is 1. The Morgan fingerprint density at radius 2 is 1.93 bits per heavy atom. The Hall–Kier alpha value is -2.83. The molecule has 0 saturated carbocycles. The van der Waals surface area contributed by atoms with E-state index in [4.69, 9.17) is 16.0 Å². The van der Waals surface area contributed by atoms with E-state index in [0.29, 0.717) is 26.6 Å². The summed E-state index contributed by atoms with van der Waals surface area (Å²) in [6.07, 6.45) is 1.66. The molecule has 1 N–H and O–H groups in total. The maximum atomic E-state index is 13.1. The van der Waals surface area contributed by atoms with E-state index in [-0.39, 0.29) is 11.7 Å². The van der Waals surface area contributed by atoms with Crippen LogP contribution in [0.5, 0.6) is 0 Å². The van der Waals surface area contributed by atoms with Gasteiger partial charge in [0.15, 0.2) is 5.17 Å². The Morgan fingerprint density at radius 1 is 1.14 bits per heavy atom. The number of rotatable bonds is 3. The molecule has 1 fully saturated rings. The molecule has 7 heteroatoms. The zero-order valence-electron chi connectivity index (χ0n) is 14.7. The molecule has 140 valence electrons. The van der Waals surface area contributed by atoms with Gasteiger partial charge in [-0.15, -0.1) is 0 Å². The number of amidine groups is 1. The van der Waals surface area contributed by atoms with Crippen LogP contribution in [-0.4, -0.2) is 11.1 Å². The average molecular weight is 413 g/mol. The van der Waals surface area contributed by atoms with Gasteiger partial charge in [-0.3, -0.25) is 4.79 Å². The minimum Gasteiger partial charge on any atom is -0.457 e. The van der Waals surface area contributed by atoms with Gasteiger partial charge in [-0.25, -0.2) is 9.38 Å². The molecule has 2 heterocycles. The number of benzene rings is 2. The Kier molecular flexibility index (Phi) is 5.07. The highest BCUT2D eigenvalue weighted by Crippen LogP contribution is 2.31. The fourth-order valence-electron chi connectivity index (χ4n) is 2.66. The molecule has 1 saturated heterocycles. The number of aliphatic imine (C=N–C) groups is 1. The molecule has 0 bridgehead atoms. The zero-order valence-corrected chi connectivity index (χ0v) is 16.3. The lowest BCUT2D eigenvalue weighted by Crippen LogP contribution is -2.19. The van der Waals surface area contributed by atoms with Gasteiger partial charge in [-0.05, 0) is 78.8 Å². The normalized spacial score (nSPS) is 16.8. The van der Waals surface area contributed by atoms with Gasteiger partial charge >= 0.3 is 0 Å². The summed E-state index contributed by atoms with van der Waals surface area (Å²) in [5, 5.41) is 3.88. The summed E-state index contributed by atoms with van der Waals surface area (Å²) in [6, 6.07) is 14.9. The second-order valence-electron chi connectivity index (χ2n) is 6.12. The summed E-state index contributed by atoms with van der Waals surface area (Å²) in [5.41, 5.74) is 2.42. The first-order chi connectivity index (χ1) is 13.5. The Balaban J connectivity index is 1.55. The number of thioether (sulfide) groups is 1. The van der Waals surface area contributed by atoms with E-state index in [9.17, 15) is 9.18 Å². The zero-order chi connectivity index (χ0) is 19.7. The first-order valence-electron chi connectivity index (χ1n) is 8.39. The highest BCUT2D eigenvalue weighted by molar-refractivity contribution is 8.18. The van der Waals surface area contributed by atoms with Crippen LogP contribution in [0.3, 0.4) is 0 Å². The van der Waals surface area contributed by atoms with E-state index in [2.05, 4.69) is 10.3 Å². The largest absolute Gasteiger partial charge is 0.457 e. The van der Waals surface area contributed by atoms with Crippen LogP contribution in [0.2, 0.25) is 5.02 Å². The van der Waals surface area contributed by atoms with Crippen LogP contribution in [0.25, 0.3) is 17.4 Å². The number of furan rings is 1. The van der Waals surface area contributed by atoms with E-state index in [1.54, 1.807) is 42.5 Å². The maximum Gasteiger partial charge on any atom is 0.264 e. The average Bonchev–Trinajstić information content (AvgIpc) is 3.25. The number of carbonyl (C=O) groups is 1. The third-order valence-corrected chi connectivity index (χ3v) is 5.21. The van der Waals surface area contributed by atoms with Crippen molar-refractivity contribution in [3.8, 4) is 11.3 Å². The SMILES string of the molecule is Cc1cc(Cl)ccc1N=C1NC(=O)/C(=C/c2ccc(-c3ccc(F)cc3)o2)S1. The number of aryl methyl sites for hydroxylation is 1. The van der Waals surface area contributed by atoms with Crippen molar-refractivity contribution in [2.45, 2.75) is 6.92 Å². The van der Waals surface area contributed by atoms with Gasteiger partial charge in [0.25, 0.3) is 5.91 Å². The molecule has 2 aromatic carbocycles. The summed E-state index contributed by atoms with van der Waals surface area (Å²) < 4.78 is 18.8. The predicted molar refractivity (Wildman–Crippen MR) is 111 cm³/mol.